The molecule has 0 aliphatic rings. The monoisotopic (exact) mass is 292 g/mol. The summed E-state index contributed by atoms with van der Waals surface area (Å²) in [6, 6.07) is 4.92. The second kappa shape index (κ2) is 5.45. The van der Waals surface area contributed by atoms with Crippen molar-refractivity contribution in [2.45, 2.75) is 78.6 Å². The smallest absolute Gasteiger partial charge is 0.0125 e. The minimum atomic E-state index is 0.204. The third kappa shape index (κ3) is 3.85. The maximum absolute atomic E-state index is 2.46. The molecule has 0 N–H and O–H groups in total. The molecule has 0 saturated carbocycles. The Morgan fingerprint density at radius 2 is 1.00 bits per heavy atom. The van der Waals surface area contributed by atoms with E-state index in [1.807, 2.05) is 0 Å². The van der Waals surface area contributed by atoms with Gasteiger partial charge in [0.1, 0.15) is 0 Å². The lowest BCUT2D eigenvalue weighted by Crippen LogP contribution is -2.30. The van der Waals surface area contributed by atoms with Crippen LogP contribution in [0.3, 0.4) is 0 Å². The molecule has 0 saturated heterocycles. The fourth-order valence-electron chi connectivity index (χ4n) is 2.53. The molecule has 0 radical (unpaired) electrons. The van der Waals surface area contributed by atoms with E-state index in [4.69, 9.17) is 0 Å². The molecule has 0 heterocycles. The van der Waals surface area contributed by atoms with Gasteiger partial charge in [0.2, 0.25) is 0 Å². The zero-order valence-corrected chi connectivity index (χ0v) is 16.2. The van der Waals surface area contributed by atoms with Crippen molar-refractivity contribution in [1.82, 2.24) is 0 Å². The molecule has 0 aliphatic heterocycles. The summed E-state index contributed by atoms with van der Waals surface area (Å²) in [6.45, 7) is 23.3. The van der Waals surface area contributed by atoms with E-state index in [2.05, 4.69) is 81.1 Å². The van der Waals surface area contributed by atoms with Gasteiger partial charge in [0.15, 0.2) is 0 Å². The van der Waals surface area contributed by atoms with Gasteiger partial charge in [-0.2, -0.15) is 0 Å². The van der Waals surface area contributed by atoms with Crippen LogP contribution in [0, 0.1) is 0 Å². The summed E-state index contributed by atoms with van der Waals surface area (Å²) in [4.78, 5) is 0. The molecule has 1 aromatic carbocycles. The SMILES string of the molecule is CPc1c(C(C)(C)C)cc(C(C)(C)C)cc1C(C)(C)C. The highest BCUT2D eigenvalue weighted by molar-refractivity contribution is 7.46. The van der Waals surface area contributed by atoms with Crippen LogP contribution in [0.2, 0.25) is 0 Å². The van der Waals surface area contributed by atoms with Gasteiger partial charge in [-0.15, -0.1) is 0 Å². The van der Waals surface area contributed by atoms with Crippen molar-refractivity contribution in [3.63, 3.8) is 0 Å². The zero-order chi connectivity index (χ0) is 15.9. The van der Waals surface area contributed by atoms with Crippen LogP contribution in [0.5, 0.6) is 0 Å². The first-order valence-corrected chi connectivity index (χ1v) is 9.15. The van der Waals surface area contributed by atoms with E-state index < -0.39 is 0 Å². The molecule has 1 unspecified atom stereocenters. The molecular weight excluding hydrogens is 259 g/mol. The first-order valence-electron chi connectivity index (χ1n) is 7.65. The molecule has 114 valence electrons. The van der Waals surface area contributed by atoms with Gasteiger partial charge >= 0.3 is 0 Å². The molecule has 0 aromatic heterocycles. The first kappa shape index (κ1) is 17.7. The number of benzene rings is 1. The van der Waals surface area contributed by atoms with E-state index in [9.17, 15) is 0 Å². The molecule has 1 heteroatoms. The summed E-state index contributed by atoms with van der Waals surface area (Å²) in [6.07, 6.45) is 0. The van der Waals surface area contributed by atoms with Crippen LogP contribution >= 0.6 is 8.58 Å². The summed E-state index contributed by atoms with van der Waals surface area (Å²) in [5.41, 5.74) is 5.16. The lowest BCUT2D eigenvalue weighted by molar-refractivity contribution is 0.554. The van der Waals surface area contributed by atoms with Gasteiger partial charge in [-0.25, -0.2) is 0 Å². The Hall–Kier alpha value is -0.350. The van der Waals surface area contributed by atoms with Crippen molar-refractivity contribution in [3.05, 3.63) is 28.8 Å². The molecule has 0 nitrogen and oxygen atoms in total. The van der Waals surface area contributed by atoms with Crippen LogP contribution < -0.4 is 5.30 Å². The third-order valence-electron chi connectivity index (χ3n) is 3.87. The van der Waals surface area contributed by atoms with Gasteiger partial charge in [0.25, 0.3) is 0 Å². The Kier molecular flexibility index (Phi) is 4.82. The lowest BCUT2D eigenvalue weighted by Gasteiger charge is -2.33. The highest BCUT2D eigenvalue weighted by Gasteiger charge is 2.28. The minimum Gasteiger partial charge on any atom is -0.0929 e. The second-order valence-electron chi connectivity index (χ2n) is 8.95. The summed E-state index contributed by atoms with van der Waals surface area (Å²) in [5, 5.41) is 1.58. The average molecular weight is 292 g/mol. The maximum atomic E-state index is 2.46. The minimum absolute atomic E-state index is 0.204. The van der Waals surface area contributed by atoms with Gasteiger partial charge in [-0.05, 0) is 44.9 Å². The average Bonchev–Trinajstić information content (AvgIpc) is 2.23. The number of hydrogen-bond donors (Lipinski definition) is 0. The first-order chi connectivity index (χ1) is 8.78. The Bertz CT molecular complexity index is 441. The largest absolute Gasteiger partial charge is 0.0929 e. The summed E-state index contributed by atoms with van der Waals surface area (Å²) < 4.78 is 0. The van der Waals surface area contributed by atoms with Crippen LogP contribution in [0.15, 0.2) is 12.1 Å². The van der Waals surface area contributed by atoms with Crippen molar-refractivity contribution in [1.29, 1.82) is 0 Å². The van der Waals surface area contributed by atoms with E-state index in [0.717, 1.165) is 8.58 Å². The van der Waals surface area contributed by atoms with E-state index in [-0.39, 0.29) is 16.2 Å². The summed E-state index contributed by atoms with van der Waals surface area (Å²) >= 11 is 0. The number of rotatable bonds is 1. The second-order valence-corrected chi connectivity index (χ2v) is 9.95. The molecule has 1 aromatic rings. The fraction of sp³-hybridized carbons (Fsp3) is 0.684. The number of hydrogen-bond acceptors (Lipinski definition) is 0. The summed E-state index contributed by atoms with van der Waals surface area (Å²) in [5.74, 6) is 0. The van der Waals surface area contributed by atoms with Gasteiger partial charge in [0.05, 0.1) is 0 Å². The van der Waals surface area contributed by atoms with Crippen molar-refractivity contribution in [2.24, 2.45) is 0 Å². The highest BCUT2D eigenvalue weighted by atomic mass is 31.1. The Balaban J connectivity index is 3.75. The Morgan fingerprint density at radius 3 is 1.20 bits per heavy atom. The zero-order valence-electron chi connectivity index (χ0n) is 15.2. The molecular formula is C19H33P. The normalized spacial score (nSPS) is 14.3. The topological polar surface area (TPSA) is 0 Å². The molecule has 1 rings (SSSR count). The van der Waals surface area contributed by atoms with Crippen LogP contribution in [0.25, 0.3) is 0 Å². The molecule has 0 amide bonds. The van der Waals surface area contributed by atoms with E-state index >= 15 is 0 Å². The third-order valence-corrected chi connectivity index (χ3v) is 4.91. The van der Waals surface area contributed by atoms with Gasteiger partial charge < -0.3 is 0 Å². The van der Waals surface area contributed by atoms with E-state index in [1.165, 1.54) is 16.7 Å². The predicted molar refractivity (Wildman–Crippen MR) is 96.4 cm³/mol. The molecule has 0 spiro atoms. The van der Waals surface area contributed by atoms with Crippen molar-refractivity contribution < 1.29 is 0 Å². The van der Waals surface area contributed by atoms with E-state index in [0.29, 0.717) is 0 Å². The van der Waals surface area contributed by atoms with Gasteiger partial charge in [-0.3, -0.25) is 0 Å². The molecule has 20 heavy (non-hydrogen) atoms. The van der Waals surface area contributed by atoms with Crippen molar-refractivity contribution >= 4 is 13.9 Å². The van der Waals surface area contributed by atoms with Crippen molar-refractivity contribution in [2.75, 3.05) is 6.66 Å². The predicted octanol–water partition coefficient (Wildman–Crippen LogP) is 5.51. The Morgan fingerprint density at radius 1 is 0.650 bits per heavy atom. The van der Waals surface area contributed by atoms with Crippen LogP contribution in [-0.2, 0) is 16.2 Å². The van der Waals surface area contributed by atoms with Gasteiger partial charge in [-0.1, -0.05) is 83.0 Å². The van der Waals surface area contributed by atoms with Crippen LogP contribution in [-0.4, -0.2) is 6.66 Å². The van der Waals surface area contributed by atoms with Crippen LogP contribution in [0.1, 0.15) is 79.0 Å². The lowest BCUT2D eigenvalue weighted by atomic mass is 9.75. The highest BCUT2D eigenvalue weighted by Crippen LogP contribution is 2.35. The molecule has 1 atom stereocenters. The fourth-order valence-corrected chi connectivity index (χ4v) is 3.96. The quantitative estimate of drug-likeness (QED) is 0.598. The summed E-state index contributed by atoms with van der Waals surface area (Å²) in [7, 11) is 0.855. The molecule has 0 aliphatic carbocycles. The van der Waals surface area contributed by atoms with Gasteiger partial charge in [0, 0.05) is 0 Å². The standard InChI is InChI=1S/C19H33P/c1-17(2,3)13-11-14(18(4,5)6)16(20-10)15(12-13)19(7,8)9/h11-12,20H,1-10H3. The molecule has 0 fully saturated rings. The Labute approximate surface area is 128 Å². The van der Waals surface area contributed by atoms with E-state index in [1.54, 1.807) is 5.30 Å². The maximum Gasteiger partial charge on any atom is -0.0125 e. The molecule has 0 bridgehead atoms. The van der Waals surface area contributed by atoms with Crippen molar-refractivity contribution in [3.8, 4) is 0 Å². The van der Waals surface area contributed by atoms with Crippen LogP contribution in [0.4, 0.5) is 0 Å².